The van der Waals surface area contributed by atoms with Crippen LogP contribution in [0.1, 0.15) is 19.4 Å². The first-order valence-electron chi connectivity index (χ1n) is 6.69. The lowest BCUT2D eigenvalue weighted by atomic mass is 9.86. The number of ketones is 1. The average Bonchev–Trinajstić information content (AvgIpc) is 2.44. The number of aryl methyl sites for hydroxylation is 1. The first kappa shape index (κ1) is 15.0. The Hall–Kier alpha value is -2.43. The maximum absolute atomic E-state index is 12.1. The number of anilines is 1. The fourth-order valence-corrected chi connectivity index (χ4v) is 2.26. The van der Waals surface area contributed by atoms with Crippen LogP contribution < -0.4 is 10.5 Å². The Morgan fingerprint density at radius 3 is 2.62 bits per heavy atom. The van der Waals surface area contributed by atoms with Gasteiger partial charge in [-0.1, -0.05) is 6.92 Å². The molecule has 0 saturated heterocycles. The van der Waals surface area contributed by atoms with E-state index in [1.54, 1.807) is 19.1 Å². The van der Waals surface area contributed by atoms with Crippen LogP contribution in [0.25, 0.3) is 0 Å². The third kappa shape index (κ3) is 2.72. The Labute approximate surface area is 124 Å². The first-order valence-corrected chi connectivity index (χ1v) is 6.69. The monoisotopic (exact) mass is 285 g/mol. The second-order valence-corrected chi connectivity index (χ2v) is 5.20. The number of ether oxygens (including phenoxy) is 1. The minimum absolute atomic E-state index is 0.160. The van der Waals surface area contributed by atoms with E-state index in [1.165, 1.54) is 13.2 Å². The molecule has 1 atom stereocenters. The molecule has 0 radical (unpaired) electrons. The van der Waals surface area contributed by atoms with Gasteiger partial charge >= 0.3 is 0 Å². The van der Waals surface area contributed by atoms with Gasteiger partial charge in [-0.15, -0.1) is 0 Å². The Bertz CT molecular complexity index is 687. The van der Waals surface area contributed by atoms with Crippen molar-refractivity contribution in [3.63, 3.8) is 0 Å². The van der Waals surface area contributed by atoms with Crippen LogP contribution in [0.3, 0.4) is 0 Å². The molecule has 5 nitrogen and oxygen atoms in total. The van der Waals surface area contributed by atoms with Gasteiger partial charge < -0.3 is 15.9 Å². The van der Waals surface area contributed by atoms with Crippen LogP contribution >= 0.6 is 0 Å². The van der Waals surface area contributed by atoms with Gasteiger partial charge in [-0.05, 0) is 37.1 Å². The Morgan fingerprint density at radius 1 is 1.33 bits per heavy atom. The molecule has 1 aromatic carbocycles. The summed E-state index contributed by atoms with van der Waals surface area (Å²) >= 11 is 0. The number of nitrogens with two attached hydrogens (primary N) is 1. The van der Waals surface area contributed by atoms with Crippen molar-refractivity contribution in [2.45, 2.75) is 20.8 Å². The lowest BCUT2D eigenvalue weighted by Gasteiger charge is -2.20. The van der Waals surface area contributed by atoms with Crippen molar-refractivity contribution in [2.24, 2.45) is 10.9 Å². The standard InChI is InChI=1S/C16H19N3O2/c1-8-5-12(14(21-4)7-11(8)17)19-16-10(3)15(18)9(2)6-13(16)20/h5-7,10,18H,17H2,1-4H3. The minimum Gasteiger partial charge on any atom is -0.494 e. The summed E-state index contributed by atoms with van der Waals surface area (Å²) in [7, 11) is 1.53. The highest BCUT2D eigenvalue weighted by molar-refractivity contribution is 6.51. The number of rotatable bonds is 2. The summed E-state index contributed by atoms with van der Waals surface area (Å²) in [6, 6.07) is 3.48. The molecule has 0 spiro atoms. The van der Waals surface area contributed by atoms with E-state index in [1.807, 2.05) is 13.8 Å². The third-order valence-corrected chi connectivity index (χ3v) is 3.68. The lowest BCUT2D eigenvalue weighted by Crippen LogP contribution is -2.32. The second kappa shape index (κ2) is 5.52. The topological polar surface area (TPSA) is 88.5 Å². The zero-order valence-electron chi connectivity index (χ0n) is 12.7. The SMILES string of the molecule is COc1cc(N)c(C)cc1N=C1C(=O)C=C(C)C(=N)C1C. The molecule has 0 heterocycles. The van der Waals surface area contributed by atoms with Gasteiger partial charge in [0.15, 0.2) is 0 Å². The van der Waals surface area contributed by atoms with Crippen LogP contribution in [-0.2, 0) is 4.79 Å². The normalized spacial score (nSPS) is 20.7. The van der Waals surface area contributed by atoms with Crippen LogP contribution in [0.4, 0.5) is 11.4 Å². The van der Waals surface area contributed by atoms with Crippen molar-refractivity contribution < 1.29 is 9.53 Å². The number of aliphatic imine (C=N–C) groups is 1. The van der Waals surface area contributed by atoms with Crippen LogP contribution in [-0.4, -0.2) is 24.3 Å². The van der Waals surface area contributed by atoms with Gasteiger partial charge in [-0.25, -0.2) is 4.99 Å². The van der Waals surface area contributed by atoms with Crippen LogP contribution in [0.15, 0.2) is 28.8 Å². The molecule has 0 amide bonds. The van der Waals surface area contributed by atoms with Crippen molar-refractivity contribution in [1.82, 2.24) is 0 Å². The van der Waals surface area contributed by atoms with Crippen molar-refractivity contribution in [1.29, 1.82) is 5.41 Å². The fraction of sp³-hybridized carbons (Fsp3) is 0.312. The quantitative estimate of drug-likeness (QED) is 0.819. The Kier molecular flexibility index (Phi) is 3.93. The zero-order valence-corrected chi connectivity index (χ0v) is 12.7. The summed E-state index contributed by atoms with van der Waals surface area (Å²) < 4.78 is 5.27. The summed E-state index contributed by atoms with van der Waals surface area (Å²) in [4.78, 5) is 16.6. The molecule has 1 unspecified atom stereocenters. The number of benzene rings is 1. The molecule has 0 saturated carbocycles. The summed E-state index contributed by atoms with van der Waals surface area (Å²) in [5, 5.41) is 8.01. The highest BCUT2D eigenvalue weighted by Gasteiger charge is 2.27. The van der Waals surface area contributed by atoms with Crippen molar-refractivity contribution in [2.75, 3.05) is 12.8 Å². The number of nitrogen functional groups attached to an aromatic ring is 1. The molecule has 1 aromatic rings. The molecule has 2 rings (SSSR count). The molecular formula is C16H19N3O2. The largest absolute Gasteiger partial charge is 0.494 e. The van der Waals surface area contributed by atoms with E-state index in [0.717, 1.165) is 5.56 Å². The van der Waals surface area contributed by atoms with Crippen LogP contribution in [0.2, 0.25) is 0 Å². The number of allylic oxidation sites excluding steroid dienone is 2. The maximum atomic E-state index is 12.1. The van der Waals surface area contributed by atoms with E-state index in [0.29, 0.717) is 34.1 Å². The van der Waals surface area contributed by atoms with Crippen molar-refractivity contribution >= 4 is 28.6 Å². The highest BCUT2D eigenvalue weighted by atomic mass is 16.5. The molecule has 3 N–H and O–H groups in total. The van der Waals surface area contributed by atoms with Crippen LogP contribution in [0.5, 0.6) is 5.75 Å². The highest BCUT2D eigenvalue weighted by Crippen LogP contribution is 2.33. The predicted molar refractivity (Wildman–Crippen MR) is 84.9 cm³/mol. The molecule has 21 heavy (non-hydrogen) atoms. The molecule has 1 aliphatic carbocycles. The smallest absolute Gasteiger partial charge is 0.201 e. The van der Waals surface area contributed by atoms with Gasteiger partial charge in [0.25, 0.3) is 0 Å². The zero-order chi connectivity index (χ0) is 15.7. The number of methoxy groups -OCH3 is 1. The fourth-order valence-electron chi connectivity index (χ4n) is 2.26. The minimum atomic E-state index is -0.329. The third-order valence-electron chi connectivity index (χ3n) is 3.68. The summed E-state index contributed by atoms with van der Waals surface area (Å²) in [5.41, 5.74) is 9.35. The first-order chi connectivity index (χ1) is 9.85. The molecule has 0 aromatic heterocycles. The predicted octanol–water partition coefficient (Wildman–Crippen LogP) is 2.84. The molecule has 0 aliphatic heterocycles. The van der Waals surface area contributed by atoms with Gasteiger partial charge in [0.05, 0.1) is 12.8 Å². The Balaban J connectivity index is 2.56. The summed E-state index contributed by atoms with van der Waals surface area (Å²) in [5.74, 6) is 0.0287. The summed E-state index contributed by atoms with van der Waals surface area (Å²) in [6.07, 6.45) is 1.46. The van der Waals surface area contributed by atoms with Gasteiger partial charge in [0, 0.05) is 23.4 Å². The number of hydrogen-bond donors (Lipinski definition) is 2. The number of nitrogens with one attached hydrogen (secondary N) is 1. The van der Waals surface area contributed by atoms with E-state index in [2.05, 4.69) is 4.99 Å². The number of carbonyl (C=O) groups excluding carboxylic acids is 1. The van der Waals surface area contributed by atoms with Gasteiger partial charge in [-0.3, -0.25) is 4.79 Å². The van der Waals surface area contributed by atoms with E-state index >= 15 is 0 Å². The molecule has 5 heteroatoms. The van der Waals surface area contributed by atoms with E-state index in [-0.39, 0.29) is 11.7 Å². The van der Waals surface area contributed by atoms with Gasteiger partial charge in [-0.2, -0.15) is 0 Å². The number of nitrogens with zero attached hydrogens (tertiary/aromatic N) is 1. The van der Waals surface area contributed by atoms with Crippen molar-refractivity contribution in [3.05, 3.63) is 29.3 Å². The number of carbonyl (C=O) groups is 1. The van der Waals surface area contributed by atoms with Gasteiger partial charge in [0.1, 0.15) is 11.4 Å². The van der Waals surface area contributed by atoms with E-state index in [4.69, 9.17) is 15.9 Å². The second-order valence-electron chi connectivity index (χ2n) is 5.20. The molecule has 0 fully saturated rings. The average molecular weight is 285 g/mol. The molecular weight excluding hydrogens is 266 g/mol. The molecule has 110 valence electrons. The molecule has 0 bridgehead atoms. The molecule has 1 aliphatic rings. The van der Waals surface area contributed by atoms with Gasteiger partial charge in [0.2, 0.25) is 5.78 Å². The summed E-state index contributed by atoms with van der Waals surface area (Å²) in [6.45, 7) is 5.45. The Morgan fingerprint density at radius 2 is 2.00 bits per heavy atom. The van der Waals surface area contributed by atoms with Crippen LogP contribution in [0, 0.1) is 18.3 Å². The van der Waals surface area contributed by atoms with E-state index in [9.17, 15) is 4.79 Å². The van der Waals surface area contributed by atoms with E-state index < -0.39 is 0 Å². The van der Waals surface area contributed by atoms with Crippen molar-refractivity contribution in [3.8, 4) is 5.75 Å². The lowest BCUT2D eigenvalue weighted by molar-refractivity contribution is -0.109. The maximum Gasteiger partial charge on any atom is 0.201 e. The number of hydrogen-bond acceptors (Lipinski definition) is 5.